The van der Waals surface area contributed by atoms with Crippen LogP contribution in [0.4, 0.5) is 0 Å². The van der Waals surface area contributed by atoms with Crippen molar-refractivity contribution < 1.29 is 23.7 Å². The van der Waals surface area contributed by atoms with Crippen molar-refractivity contribution in [2.75, 3.05) is 20.3 Å². The molecule has 0 amide bonds. The highest BCUT2D eigenvalue weighted by Gasteiger charge is 2.18. The van der Waals surface area contributed by atoms with Gasteiger partial charge in [-0.15, -0.1) is 0 Å². The van der Waals surface area contributed by atoms with Crippen molar-refractivity contribution in [3.8, 4) is 28.6 Å². The van der Waals surface area contributed by atoms with E-state index in [1.54, 1.807) is 57.5 Å². The molecule has 4 aromatic rings. The SMILES string of the molecule is CCOc1cc(C=Nn2c(-c3cc(C(C)C)c(OC)cc3C)nc3ccccc3c2=O)ccc1OCC(=O)OC(C)C. The summed E-state index contributed by atoms with van der Waals surface area (Å²) in [6, 6.07) is 16.4. The van der Waals surface area contributed by atoms with Gasteiger partial charge in [0.25, 0.3) is 5.56 Å². The van der Waals surface area contributed by atoms with E-state index in [4.69, 9.17) is 23.9 Å². The van der Waals surface area contributed by atoms with Gasteiger partial charge in [0.2, 0.25) is 0 Å². The minimum absolute atomic E-state index is 0.188. The minimum atomic E-state index is -0.469. The Balaban J connectivity index is 1.79. The summed E-state index contributed by atoms with van der Waals surface area (Å²) in [5.41, 5.74) is 3.65. The van der Waals surface area contributed by atoms with Crippen molar-refractivity contribution in [1.29, 1.82) is 0 Å². The van der Waals surface area contributed by atoms with E-state index >= 15 is 0 Å². The van der Waals surface area contributed by atoms with Gasteiger partial charge >= 0.3 is 5.97 Å². The number of esters is 1. The molecule has 0 aliphatic heterocycles. The molecule has 0 bridgehead atoms. The van der Waals surface area contributed by atoms with E-state index in [1.807, 2.05) is 38.1 Å². The summed E-state index contributed by atoms with van der Waals surface area (Å²) in [4.78, 5) is 30.6. The average Bonchev–Trinajstić information content (AvgIpc) is 2.95. The largest absolute Gasteiger partial charge is 0.496 e. The summed E-state index contributed by atoms with van der Waals surface area (Å²) < 4.78 is 23.5. The highest BCUT2D eigenvalue weighted by molar-refractivity contribution is 5.83. The van der Waals surface area contributed by atoms with E-state index in [0.717, 1.165) is 22.4 Å². The molecule has 9 nitrogen and oxygen atoms in total. The fraction of sp³-hybridized carbons (Fsp3) is 0.333. The first-order chi connectivity index (χ1) is 20.1. The highest BCUT2D eigenvalue weighted by atomic mass is 16.6. The number of ether oxygens (including phenoxy) is 4. The molecule has 1 heterocycles. The second-order valence-electron chi connectivity index (χ2n) is 10.3. The fourth-order valence-electron chi connectivity index (χ4n) is 4.52. The number of carbonyl (C=O) groups excluding carboxylic acids is 1. The summed E-state index contributed by atoms with van der Waals surface area (Å²) in [6.45, 7) is 11.7. The number of aromatic nitrogens is 2. The van der Waals surface area contributed by atoms with E-state index in [-0.39, 0.29) is 24.2 Å². The van der Waals surface area contributed by atoms with Gasteiger partial charge in [0.1, 0.15) is 5.75 Å². The molecule has 0 N–H and O–H groups in total. The first kappa shape index (κ1) is 30.3. The van der Waals surface area contributed by atoms with Gasteiger partial charge in [0.15, 0.2) is 23.9 Å². The summed E-state index contributed by atoms with van der Waals surface area (Å²) >= 11 is 0. The molecule has 0 spiro atoms. The Morgan fingerprint density at radius 1 is 1.00 bits per heavy atom. The van der Waals surface area contributed by atoms with Crippen molar-refractivity contribution in [1.82, 2.24) is 9.66 Å². The van der Waals surface area contributed by atoms with Crippen molar-refractivity contribution in [3.63, 3.8) is 0 Å². The topological polar surface area (TPSA) is 101 Å². The van der Waals surface area contributed by atoms with Crippen LogP contribution in [-0.4, -0.2) is 48.3 Å². The van der Waals surface area contributed by atoms with Crippen LogP contribution in [0.1, 0.15) is 57.2 Å². The molecule has 0 fully saturated rings. The molecular weight excluding hydrogens is 534 g/mol. The first-order valence-corrected chi connectivity index (χ1v) is 14.0. The number of nitrogens with zero attached hydrogens (tertiary/aromatic N) is 3. The van der Waals surface area contributed by atoms with Gasteiger partial charge < -0.3 is 18.9 Å². The van der Waals surface area contributed by atoms with Gasteiger partial charge in [-0.25, -0.2) is 9.78 Å². The van der Waals surface area contributed by atoms with E-state index in [1.165, 1.54) is 4.68 Å². The lowest BCUT2D eigenvalue weighted by atomic mass is 9.96. The third kappa shape index (κ3) is 6.79. The number of hydrogen-bond acceptors (Lipinski definition) is 8. The van der Waals surface area contributed by atoms with Crippen LogP contribution in [-0.2, 0) is 9.53 Å². The van der Waals surface area contributed by atoms with Crippen LogP contribution >= 0.6 is 0 Å². The molecule has 0 atom stereocenters. The monoisotopic (exact) mass is 571 g/mol. The van der Waals surface area contributed by atoms with Gasteiger partial charge in [-0.2, -0.15) is 9.78 Å². The normalized spacial score (nSPS) is 11.5. The highest BCUT2D eigenvalue weighted by Crippen LogP contribution is 2.34. The molecule has 4 rings (SSSR count). The first-order valence-electron chi connectivity index (χ1n) is 14.0. The van der Waals surface area contributed by atoms with Crippen molar-refractivity contribution >= 4 is 23.1 Å². The molecule has 220 valence electrons. The van der Waals surface area contributed by atoms with Crippen LogP contribution in [0.2, 0.25) is 0 Å². The van der Waals surface area contributed by atoms with E-state index in [9.17, 15) is 9.59 Å². The molecule has 0 unspecified atom stereocenters. The lowest BCUT2D eigenvalue weighted by Gasteiger charge is -2.17. The molecule has 3 aromatic carbocycles. The Morgan fingerprint density at radius 3 is 2.45 bits per heavy atom. The zero-order valence-electron chi connectivity index (χ0n) is 25.1. The third-order valence-electron chi connectivity index (χ3n) is 6.50. The standard InChI is InChI=1S/C33H37N3O6/c1-8-40-30-16-23(13-14-28(30)41-19-31(37)42-21(4)5)18-34-36-32(35-27-12-10-9-11-24(27)33(36)38)26-17-25(20(2)3)29(39-7)15-22(26)6/h9-18,20-21H,8,19H2,1-7H3. The van der Waals surface area contributed by atoms with E-state index < -0.39 is 5.97 Å². The van der Waals surface area contributed by atoms with E-state index in [0.29, 0.717) is 40.4 Å². The van der Waals surface area contributed by atoms with Gasteiger partial charge in [0, 0.05) is 5.56 Å². The lowest BCUT2D eigenvalue weighted by Crippen LogP contribution is -2.21. The Kier molecular flexibility index (Phi) is 9.62. The summed E-state index contributed by atoms with van der Waals surface area (Å²) in [5.74, 6) is 1.76. The minimum Gasteiger partial charge on any atom is -0.496 e. The summed E-state index contributed by atoms with van der Waals surface area (Å²) in [7, 11) is 1.65. The number of hydrogen-bond donors (Lipinski definition) is 0. The fourth-order valence-corrected chi connectivity index (χ4v) is 4.52. The average molecular weight is 572 g/mol. The van der Waals surface area contributed by atoms with Crippen LogP contribution in [0.3, 0.4) is 0 Å². The summed E-state index contributed by atoms with van der Waals surface area (Å²) in [6.07, 6.45) is 1.34. The van der Waals surface area contributed by atoms with Crippen LogP contribution < -0.4 is 19.8 Å². The van der Waals surface area contributed by atoms with Gasteiger partial charge in [0.05, 0.1) is 36.9 Å². The maximum atomic E-state index is 13.7. The Hall–Kier alpha value is -4.66. The predicted octanol–water partition coefficient (Wildman–Crippen LogP) is 6.12. The van der Waals surface area contributed by atoms with Crippen molar-refractivity contribution in [2.45, 2.75) is 53.6 Å². The predicted molar refractivity (Wildman–Crippen MR) is 164 cm³/mol. The zero-order chi connectivity index (χ0) is 30.4. The lowest BCUT2D eigenvalue weighted by molar-refractivity contribution is -0.149. The number of fused-ring (bicyclic) bond motifs is 1. The molecule has 0 radical (unpaired) electrons. The van der Waals surface area contributed by atoms with Gasteiger partial charge in [-0.05, 0) is 92.8 Å². The molecule has 42 heavy (non-hydrogen) atoms. The van der Waals surface area contributed by atoms with Crippen LogP contribution in [0, 0.1) is 6.92 Å². The molecule has 9 heteroatoms. The molecule has 0 aliphatic carbocycles. The maximum Gasteiger partial charge on any atom is 0.344 e. The molecular formula is C33H37N3O6. The number of rotatable bonds is 11. The van der Waals surface area contributed by atoms with Gasteiger partial charge in [-0.1, -0.05) is 26.0 Å². The number of methoxy groups -OCH3 is 1. The Morgan fingerprint density at radius 2 is 1.76 bits per heavy atom. The number of aryl methyl sites for hydroxylation is 1. The number of para-hydroxylation sites is 1. The zero-order valence-corrected chi connectivity index (χ0v) is 25.1. The molecule has 0 aliphatic rings. The molecule has 0 saturated heterocycles. The second-order valence-corrected chi connectivity index (χ2v) is 10.3. The number of benzene rings is 3. The third-order valence-corrected chi connectivity index (χ3v) is 6.50. The Bertz CT molecular complexity index is 1670. The summed E-state index contributed by atoms with van der Waals surface area (Å²) in [5, 5.41) is 5.07. The van der Waals surface area contributed by atoms with Crippen LogP contribution in [0.5, 0.6) is 17.2 Å². The smallest absolute Gasteiger partial charge is 0.344 e. The van der Waals surface area contributed by atoms with Crippen molar-refractivity contribution in [3.05, 3.63) is 81.6 Å². The van der Waals surface area contributed by atoms with Gasteiger partial charge in [-0.3, -0.25) is 4.79 Å². The van der Waals surface area contributed by atoms with E-state index in [2.05, 4.69) is 18.9 Å². The molecule has 1 aromatic heterocycles. The second kappa shape index (κ2) is 13.3. The Labute approximate surface area is 245 Å². The number of carbonyl (C=O) groups is 1. The quantitative estimate of drug-likeness (QED) is 0.158. The molecule has 0 saturated carbocycles. The van der Waals surface area contributed by atoms with Crippen LogP contribution in [0.25, 0.3) is 22.3 Å². The van der Waals surface area contributed by atoms with Crippen molar-refractivity contribution in [2.24, 2.45) is 5.10 Å². The van der Waals surface area contributed by atoms with Crippen LogP contribution in [0.15, 0.2) is 64.5 Å². The maximum absolute atomic E-state index is 13.7.